The molecular weight excluding hydrogens is 390 g/mol. The Morgan fingerprint density at radius 2 is 1.71 bits per heavy atom. The Morgan fingerprint density at radius 3 is 2.45 bits per heavy atom. The van der Waals surface area contributed by atoms with Crippen LogP contribution in [0.5, 0.6) is 11.5 Å². The van der Waals surface area contributed by atoms with Crippen LogP contribution < -0.4 is 14.8 Å². The molecule has 0 bridgehead atoms. The molecule has 168 valence electrons. The first kappa shape index (κ1) is 23.1. The van der Waals surface area contributed by atoms with E-state index in [4.69, 9.17) is 14.2 Å². The number of nitrogens with one attached hydrogen (secondary N) is 1. The second kappa shape index (κ2) is 12.4. The molecule has 1 amide bonds. The van der Waals surface area contributed by atoms with Crippen molar-refractivity contribution in [1.29, 1.82) is 0 Å². The lowest BCUT2D eigenvalue weighted by molar-refractivity contribution is 0.0932. The maximum atomic E-state index is 12.9. The molecule has 0 spiro atoms. The van der Waals surface area contributed by atoms with Gasteiger partial charge in [-0.05, 0) is 43.5 Å². The molecule has 1 aliphatic rings. The summed E-state index contributed by atoms with van der Waals surface area (Å²) in [4.78, 5) is 12.9. The van der Waals surface area contributed by atoms with E-state index < -0.39 is 0 Å². The van der Waals surface area contributed by atoms with Crippen molar-refractivity contribution in [2.45, 2.75) is 57.9 Å². The number of aryl methyl sites for hydroxylation is 1. The topological polar surface area (TPSA) is 56.8 Å². The standard InChI is InChI=1S/C26H35NO4/c1-20-8-7-9-21(18-20)14-15-30-25-19-22(12-13-24(25)31-17-16-29-2)26(28)27-23-10-5-3-4-6-11-23/h7-9,12-13,18-19,23H,3-6,10-11,14-17H2,1-2H3,(H,27,28). The summed E-state index contributed by atoms with van der Waals surface area (Å²) in [7, 11) is 1.64. The highest BCUT2D eigenvalue weighted by Crippen LogP contribution is 2.29. The Morgan fingerprint density at radius 1 is 0.935 bits per heavy atom. The minimum atomic E-state index is -0.0427. The van der Waals surface area contributed by atoms with E-state index in [1.54, 1.807) is 13.2 Å². The van der Waals surface area contributed by atoms with E-state index in [0.717, 1.165) is 19.3 Å². The van der Waals surface area contributed by atoms with Crippen molar-refractivity contribution < 1.29 is 19.0 Å². The zero-order valence-electron chi connectivity index (χ0n) is 18.8. The number of rotatable bonds is 10. The van der Waals surface area contributed by atoms with Crippen LogP contribution in [-0.4, -0.2) is 38.9 Å². The Labute approximate surface area is 186 Å². The van der Waals surface area contributed by atoms with Gasteiger partial charge in [-0.15, -0.1) is 0 Å². The molecule has 1 saturated carbocycles. The summed E-state index contributed by atoms with van der Waals surface area (Å²) in [5.74, 6) is 1.18. The van der Waals surface area contributed by atoms with E-state index in [9.17, 15) is 4.79 Å². The predicted octanol–water partition coefficient (Wildman–Crippen LogP) is 5.09. The van der Waals surface area contributed by atoms with Crippen LogP contribution >= 0.6 is 0 Å². The van der Waals surface area contributed by atoms with Gasteiger partial charge in [-0.25, -0.2) is 0 Å². The molecular formula is C26H35NO4. The number of amides is 1. The van der Waals surface area contributed by atoms with E-state index in [0.29, 0.717) is 36.9 Å². The monoisotopic (exact) mass is 425 g/mol. The molecule has 5 nitrogen and oxygen atoms in total. The summed E-state index contributed by atoms with van der Waals surface area (Å²) < 4.78 is 17.0. The third-order valence-corrected chi connectivity index (χ3v) is 5.67. The molecule has 0 aliphatic heterocycles. The van der Waals surface area contributed by atoms with E-state index in [-0.39, 0.29) is 11.9 Å². The molecule has 0 atom stereocenters. The van der Waals surface area contributed by atoms with Gasteiger partial charge in [0.15, 0.2) is 11.5 Å². The Kier molecular flexibility index (Phi) is 9.22. The second-order valence-electron chi connectivity index (χ2n) is 8.25. The van der Waals surface area contributed by atoms with Gasteiger partial charge in [0.25, 0.3) is 5.91 Å². The molecule has 0 unspecified atom stereocenters. The van der Waals surface area contributed by atoms with Gasteiger partial charge in [0, 0.05) is 25.1 Å². The lowest BCUT2D eigenvalue weighted by Gasteiger charge is -2.18. The normalized spacial score (nSPS) is 14.6. The van der Waals surface area contributed by atoms with Crippen molar-refractivity contribution in [3.05, 3.63) is 59.2 Å². The Bertz CT molecular complexity index is 828. The van der Waals surface area contributed by atoms with Gasteiger partial charge in [0.2, 0.25) is 0 Å². The summed E-state index contributed by atoms with van der Waals surface area (Å²) in [6, 6.07) is 14.1. The fourth-order valence-corrected chi connectivity index (χ4v) is 3.96. The minimum Gasteiger partial charge on any atom is -0.489 e. The largest absolute Gasteiger partial charge is 0.489 e. The molecule has 1 aliphatic carbocycles. The van der Waals surface area contributed by atoms with Crippen molar-refractivity contribution in [2.75, 3.05) is 26.9 Å². The molecule has 3 rings (SSSR count). The number of benzene rings is 2. The van der Waals surface area contributed by atoms with Crippen LogP contribution in [0.25, 0.3) is 0 Å². The van der Waals surface area contributed by atoms with E-state index in [1.807, 2.05) is 12.1 Å². The van der Waals surface area contributed by atoms with Crippen molar-refractivity contribution in [2.24, 2.45) is 0 Å². The molecule has 0 saturated heterocycles. The number of carbonyl (C=O) groups is 1. The fraction of sp³-hybridized carbons (Fsp3) is 0.500. The van der Waals surface area contributed by atoms with Crippen LogP contribution in [0, 0.1) is 6.92 Å². The average Bonchev–Trinajstić information content (AvgIpc) is 3.03. The first-order chi connectivity index (χ1) is 15.2. The average molecular weight is 426 g/mol. The summed E-state index contributed by atoms with van der Waals surface area (Å²) in [5.41, 5.74) is 3.07. The van der Waals surface area contributed by atoms with Gasteiger partial charge >= 0.3 is 0 Å². The molecule has 2 aromatic rings. The van der Waals surface area contributed by atoms with Gasteiger partial charge in [-0.2, -0.15) is 0 Å². The van der Waals surface area contributed by atoms with Crippen LogP contribution in [0.15, 0.2) is 42.5 Å². The second-order valence-corrected chi connectivity index (χ2v) is 8.25. The zero-order chi connectivity index (χ0) is 21.9. The van der Waals surface area contributed by atoms with Gasteiger partial charge in [-0.1, -0.05) is 55.5 Å². The molecule has 31 heavy (non-hydrogen) atoms. The molecule has 0 radical (unpaired) electrons. The highest BCUT2D eigenvalue weighted by molar-refractivity contribution is 5.95. The molecule has 0 aromatic heterocycles. The number of ether oxygens (including phenoxy) is 3. The van der Waals surface area contributed by atoms with Crippen LogP contribution in [0.1, 0.15) is 60.0 Å². The minimum absolute atomic E-state index is 0.0427. The third-order valence-electron chi connectivity index (χ3n) is 5.67. The SMILES string of the molecule is COCCOc1ccc(C(=O)NC2CCCCCC2)cc1OCCc1cccc(C)c1. The van der Waals surface area contributed by atoms with Crippen molar-refractivity contribution in [1.82, 2.24) is 5.32 Å². The summed E-state index contributed by atoms with van der Waals surface area (Å²) in [6.45, 7) is 3.52. The molecule has 2 aromatic carbocycles. The van der Waals surface area contributed by atoms with Crippen molar-refractivity contribution in [3.8, 4) is 11.5 Å². The van der Waals surface area contributed by atoms with Gasteiger partial charge in [0.05, 0.1) is 13.2 Å². The molecule has 0 heterocycles. The summed E-state index contributed by atoms with van der Waals surface area (Å²) in [5, 5.41) is 3.21. The number of hydrogen-bond donors (Lipinski definition) is 1. The highest BCUT2D eigenvalue weighted by Gasteiger charge is 2.17. The zero-order valence-corrected chi connectivity index (χ0v) is 18.8. The van der Waals surface area contributed by atoms with Gasteiger partial charge in [-0.3, -0.25) is 4.79 Å². The smallest absolute Gasteiger partial charge is 0.251 e. The number of carbonyl (C=O) groups excluding carboxylic acids is 1. The van der Waals surface area contributed by atoms with Gasteiger partial charge in [0.1, 0.15) is 6.61 Å². The first-order valence-electron chi connectivity index (χ1n) is 11.4. The van der Waals surface area contributed by atoms with E-state index >= 15 is 0 Å². The number of methoxy groups -OCH3 is 1. The van der Waals surface area contributed by atoms with Crippen LogP contribution in [0.3, 0.4) is 0 Å². The maximum Gasteiger partial charge on any atom is 0.251 e. The Balaban J connectivity index is 1.66. The van der Waals surface area contributed by atoms with E-state index in [1.165, 1.54) is 36.8 Å². The van der Waals surface area contributed by atoms with E-state index in [2.05, 4.69) is 36.5 Å². The van der Waals surface area contributed by atoms with Gasteiger partial charge < -0.3 is 19.5 Å². The highest BCUT2D eigenvalue weighted by atomic mass is 16.5. The van der Waals surface area contributed by atoms with Crippen molar-refractivity contribution in [3.63, 3.8) is 0 Å². The number of hydrogen-bond acceptors (Lipinski definition) is 4. The Hall–Kier alpha value is -2.53. The van der Waals surface area contributed by atoms with Crippen LogP contribution in [0.2, 0.25) is 0 Å². The fourth-order valence-electron chi connectivity index (χ4n) is 3.96. The maximum absolute atomic E-state index is 12.9. The van der Waals surface area contributed by atoms with Crippen LogP contribution in [-0.2, 0) is 11.2 Å². The quantitative estimate of drug-likeness (QED) is 0.425. The predicted molar refractivity (Wildman–Crippen MR) is 123 cm³/mol. The molecule has 1 N–H and O–H groups in total. The van der Waals surface area contributed by atoms with Crippen LogP contribution in [0.4, 0.5) is 0 Å². The third kappa shape index (κ3) is 7.59. The summed E-state index contributed by atoms with van der Waals surface area (Å²) >= 11 is 0. The lowest BCUT2D eigenvalue weighted by Crippen LogP contribution is -2.34. The summed E-state index contributed by atoms with van der Waals surface area (Å²) in [6.07, 6.45) is 7.80. The first-order valence-corrected chi connectivity index (χ1v) is 11.4. The molecule has 5 heteroatoms. The molecule has 1 fully saturated rings. The lowest BCUT2D eigenvalue weighted by atomic mass is 10.1. The van der Waals surface area contributed by atoms with Crippen molar-refractivity contribution >= 4 is 5.91 Å².